The summed E-state index contributed by atoms with van der Waals surface area (Å²) in [5.74, 6) is -1.94. The van der Waals surface area contributed by atoms with Gasteiger partial charge < -0.3 is 14.8 Å². The molecule has 1 aliphatic rings. The highest BCUT2D eigenvalue weighted by Crippen LogP contribution is 2.18. The number of esters is 1. The molecule has 10 heteroatoms. The molecule has 160 valence electrons. The molecule has 29 heavy (non-hydrogen) atoms. The molecule has 0 unspecified atom stereocenters. The lowest BCUT2D eigenvalue weighted by atomic mass is 10.0. The Morgan fingerprint density at radius 3 is 2.45 bits per heavy atom. The third kappa shape index (κ3) is 6.09. The van der Waals surface area contributed by atoms with Crippen molar-refractivity contribution < 1.29 is 32.3 Å². The van der Waals surface area contributed by atoms with Crippen LogP contribution in [0.4, 0.5) is 0 Å². The van der Waals surface area contributed by atoms with Crippen molar-refractivity contribution in [3.63, 3.8) is 0 Å². The van der Waals surface area contributed by atoms with E-state index in [9.17, 15) is 22.8 Å². The molecule has 1 aromatic carbocycles. The number of sulfonamides is 1. The van der Waals surface area contributed by atoms with Crippen LogP contribution in [0.5, 0.6) is 0 Å². The smallest absolute Gasteiger partial charge is 0.329 e. The molecule has 0 radical (unpaired) electrons. The Morgan fingerprint density at radius 1 is 1.21 bits per heavy atom. The highest BCUT2D eigenvalue weighted by atomic mass is 32.2. The van der Waals surface area contributed by atoms with E-state index >= 15 is 0 Å². The number of morpholine rings is 1. The van der Waals surface area contributed by atoms with Crippen molar-refractivity contribution in [2.75, 3.05) is 32.9 Å². The van der Waals surface area contributed by atoms with Gasteiger partial charge in [-0.3, -0.25) is 9.59 Å². The maximum Gasteiger partial charge on any atom is 0.329 e. The van der Waals surface area contributed by atoms with Crippen LogP contribution in [-0.2, 0) is 29.1 Å². The number of carbonyl (C=O) groups is 3. The first-order chi connectivity index (χ1) is 13.6. The third-order valence-corrected chi connectivity index (χ3v) is 6.22. The summed E-state index contributed by atoms with van der Waals surface area (Å²) in [5.41, 5.74) is 0.101. The molecule has 1 aromatic rings. The van der Waals surface area contributed by atoms with E-state index in [-0.39, 0.29) is 41.9 Å². The summed E-state index contributed by atoms with van der Waals surface area (Å²) >= 11 is 0. The number of amides is 1. The summed E-state index contributed by atoms with van der Waals surface area (Å²) < 4.78 is 37.0. The fraction of sp³-hybridized carbons (Fsp3) is 0.526. The Hall–Kier alpha value is -2.30. The summed E-state index contributed by atoms with van der Waals surface area (Å²) in [6, 6.07) is 4.66. The van der Waals surface area contributed by atoms with E-state index < -0.39 is 27.9 Å². The van der Waals surface area contributed by atoms with E-state index in [2.05, 4.69) is 5.32 Å². The number of nitrogens with zero attached hydrogens (tertiary/aromatic N) is 1. The number of ketones is 1. The summed E-state index contributed by atoms with van der Waals surface area (Å²) in [5, 5.41) is 2.56. The average molecular weight is 426 g/mol. The molecule has 1 atom stereocenters. The van der Waals surface area contributed by atoms with Gasteiger partial charge in [0.15, 0.2) is 5.78 Å². The summed E-state index contributed by atoms with van der Waals surface area (Å²) in [7, 11) is -3.75. The molecule has 0 spiro atoms. The van der Waals surface area contributed by atoms with Crippen molar-refractivity contribution in [3.8, 4) is 0 Å². The SMILES string of the molecule is CC(=O)COC(=O)[C@@H](NC(=O)c1cccc(S(=O)(=O)N2CCOCC2)c1)C(C)C. The van der Waals surface area contributed by atoms with Crippen LogP contribution in [-0.4, -0.2) is 69.3 Å². The van der Waals surface area contributed by atoms with E-state index in [1.807, 2.05) is 0 Å². The number of ether oxygens (including phenoxy) is 2. The minimum absolute atomic E-state index is 0.00713. The van der Waals surface area contributed by atoms with Crippen molar-refractivity contribution in [3.05, 3.63) is 29.8 Å². The van der Waals surface area contributed by atoms with Gasteiger partial charge in [-0.05, 0) is 31.0 Å². The number of rotatable bonds is 8. The van der Waals surface area contributed by atoms with Crippen LogP contribution in [0, 0.1) is 5.92 Å². The van der Waals surface area contributed by atoms with Crippen LogP contribution in [0.15, 0.2) is 29.2 Å². The Morgan fingerprint density at radius 2 is 1.86 bits per heavy atom. The fourth-order valence-electron chi connectivity index (χ4n) is 2.72. The summed E-state index contributed by atoms with van der Waals surface area (Å²) in [6.45, 7) is 5.49. The molecular formula is C19H26N2O7S. The maximum atomic E-state index is 12.8. The van der Waals surface area contributed by atoms with Gasteiger partial charge in [0.05, 0.1) is 18.1 Å². The number of hydrogen-bond donors (Lipinski definition) is 1. The summed E-state index contributed by atoms with van der Waals surface area (Å²) in [4.78, 5) is 35.8. The average Bonchev–Trinajstić information content (AvgIpc) is 2.70. The number of benzene rings is 1. The van der Waals surface area contributed by atoms with Crippen molar-refractivity contribution in [1.29, 1.82) is 0 Å². The first kappa shape index (κ1) is 23.0. The van der Waals surface area contributed by atoms with Gasteiger partial charge in [0.2, 0.25) is 10.0 Å². The van der Waals surface area contributed by atoms with Crippen molar-refractivity contribution in [2.45, 2.75) is 31.7 Å². The Kier molecular flexibility index (Phi) is 7.88. The lowest BCUT2D eigenvalue weighted by Crippen LogP contribution is -2.45. The van der Waals surface area contributed by atoms with Gasteiger partial charge in [-0.2, -0.15) is 4.31 Å². The molecule has 0 saturated carbocycles. The highest BCUT2D eigenvalue weighted by molar-refractivity contribution is 7.89. The number of carbonyl (C=O) groups excluding carboxylic acids is 3. The Balaban J connectivity index is 2.17. The van der Waals surface area contributed by atoms with E-state index in [1.54, 1.807) is 13.8 Å². The molecule has 0 aliphatic carbocycles. The lowest BCUT2D eigenvalue weighted by molar-refractivity contribution is -0.150. The molecular weight excluding hydrogens is 400 g/mol. The van der Waals surface area contributed by atoms with E-state index in [4.69, 9.17) is 9.47 Å². The van der Waals surface area contributed by atoms with Gasteiger partial charge in [0, 0.05) is 18.7 Å². The van der Waals surface area contributed by atoms with Gasteiger partial charge >= 0.3 is 5.97 Å². The van der Waals surface area contributed by atoms with Gasteiger partial charge in [0.1, 0.15) is 12.6 Å². The zero-order valence-corrected chi connectivity index (χ0v) is 17.5. The third-order valence-electron chi connectivity index (χ3n) is 4.33. The molecule has 1 amide bonds. The Bertz CT molecular complexity index is 861. The van der Waals surface area contributed by atoms with Crippen LogP contribution in [0.3, 0.4) is 0 Å². The van der Waals surface area contributed by atoms with Crippen LogP contribution in [0.1, 0.15) is 31.1 Å². The number of Topliss-reactive ketones (excluding diaryl/α,β-unsaturated/α-hetero) is 1. The van der Waals surface area contributed by atoms with Crippen molar-refractivity contribution in [2.24, 2.45) is 5.92 Å². The molecule has 1 aliphatic heterocycles. The first-order valence-electron chi connectivity index (χ1n) is 9.28. The predicted molar refractivity (Wildman–Crippen MR) is 104 cm³/mol. The standard InChI is InChI=1S/C19H26N2O7S/c1-13(2)17(19(24)28-12-14(3)22)20-18(23)15-5-4-6-16(11-15)29(25,26)21-7-9-27-10-8-21/h4-6,11,13,17H,7-10,12H2,1-3H3,(H,20,23)/t17-/m0/s1. The topological polar surface area (TPSA) is 119 Å². The highest BCUT2D eigenvalue weighted by Gasteiger charge is 2.29. The molecule has 0 bridgehead atoms. The van der Waals surface area contributed by atoms with Gasteiger partial charge in [0.25, 0.3) is 5.91 Å². The monoisotopic (exact) mass is 426 g/mol. The van der Waals surface area contributed by atoms with Crippen LogP contribution in [0.2, 0.25) is 0 Å². The molecule has 1 N–H and O–H groups in total. The molecule has 2 rings (SSSR count). The second-order valence-corrected chi connectivity index (χ2v) is 8.99. The lowest BCUT2D eigenvalue weighted by Gasteiger charge is -2.26. The van der Waals surface area contributed by atoms with Crippen molar-refractivity contribution >= 4 is 27.7 Å². The quantitative estimate of drug-likeness (QED) is 0.604. The van der Waals surface area contributed by atoms with Crippen LogP contribution < -0.4 is 5.32 Å². The summed E-state index contributed by atoms with van der Waals surface area (Å²) in [6.07, 6.45) is 0. The van der Waals surface area contributed by atoms with Crippen LogP contribution in [0.25, 0.3) is 0 Å². The first-order valence-corrected chi connectivity index (χ1v) is 10.7. The van der Waals surface area contributed by atoms with Crippen LogP contribution >= 0.6 is 0 Å². The zero-order chi connectivity index (χ0) is 21.6. The van der Waals surface area contributed by atoms with Gasteiger partial charge in [-0.1, -0.05) is 19.9 Å². The minimum atomic E-state index is -3.75. The van der Waals surface area contributed by atoms with Crippen molar-refractivity contribution in [1.82, 2.24) is 9.62 Å². The predicted octanol–water partition coefficient (Wildman–Crippen LogP) is 0.594. The normalized spacial score (nSPS) is 16.3. The maximum absolute atomic E-state index is 12.8. The van der Waals surface area contributed by atoms with E-state index in [0.29, 0.717) is 13.2 Å². The molecule has 9 nitrogen and oxygen atoms in total. The molecule has 1 fully saturated rings. The minimum Gasteiger partial charge on any atom is -0.456 e. The second kappa shape index (κ2) is 9.95. The van der Waals surface area contributed by atoms with Gasteiger partial charge in [-0.15, -0.1) is 0 Å². The largest absolute Gasteiger partial charge is 0.456 e. The number of nitrogens with one attached hydrogen (secondary N) is 1. The van der Waals surface area contributed by atoms with Gasteiger partial charge in [-0.25, -0.2) is 13.2 Å². The molecule has 1 heterocycles. The Labute approximate surface area is 170 Å². The fourth-order valence-corrected chi connectivity index (χ4v) is 4.17. The molecule has 0 aromatic heterocycles. The van der Waals surface area contributed by atoms with E-state index in [1.165, 1.54) is 35.5 Å². The zero-order valence-electron chi connectivity index (χ0n) is 16.7. The van der Waals surface area contributed by atoms with E-state index in [0.717, 1.165) is 0 Å². The second-order valence-electron chi connectivity index (χ2n) is 7.05. The molecule has 1 saturated heterocycles. The number of hydrogen-bond acceptors (Lipinski definition) is 7.